The normalized spacial score (nSPS) is 21.2. The van der Waals surface area contributed by atoms with Crippen molar-refractivity contribution in [3.8, 4) is 0 Å². The van der Waals surface area contributed by atoms with Crippen molar-refractivity contribution in [2.24, 2.45) is 11.7 Å². The van der Waals surface area contributed by atoms with Crippen molar-refractivity contribution in [1.82, 2.24) is 4.90 Å². The zero-order valence-corrected chi connectivity index (χ0v) is 11.5. The first-order chi connectivity index (χ1) is 8.00. The van der Waals surface area contributed by atoms with Gasteiger partial charge in [0.1, 0.15) is 0 Å². The van der Waals surface area contributed by atoms with E-state index in [1.54, 1.807) is 11.9 Å². The Morgan fingerprint density at radius 1 is 1.65 bits per heavy atom. The highest BCUT2D eigenvalue weighted by atomic mass is 32.1. The van der Waals surface area contributed by atoms with E-state index in [0.717, 1.165) is 25.9 Å². The minimum atomic E-state index is 0.0710. The summed E-state index contributed by atoms with van der Waals surface area (Å²) in [7, 11) is 1.80. The molecule has 1 heterocycles. The molecule has 1 saturated heterocycles. The van der Waals surface area contributed by atoms with Crippen LogP contribution in [0.4, 0.5) is 0 Å². The van der Waals surface area contributed by atoms with Crippen LogP contribution in [-0.2, 0) is 9.53 Å². The van der Waals surface area contributed by atoms with Gasteiger partial charge in [0.2, 0.25) is 5.91 Å². The number of ether oxygens (including phenoxy) is 1. The van der Waals surface area contributed by atoms with Crippen molar-refractivity contribution in [3.05, 3.63) is 0 Å². The molecule has 0 aromatic carbocycles. The molecule has 2 atom stereocenters. The smallest absolute Gasteiger partial charge is 0.222 e. The van der Waals surface area contributed by atoms with Crippen LogP contribution in [0.15, 0.2) is 0 Å². The Hall–Kier alpha value is -0.680. The number of nitrogens with two attached hydrogens (primary N) is 1. The largest absolute Gasteiger partial charge is 0.393 e. The van der Waals surface area contributed by atoms with Crippen LogP contribution in [0.3, 0.4) is 0 Å². The third-order valence-corrected chi connectivity index (χ3v) is 3.57. The van der Waals surface area contributed by atoms with E-state index in [1.165, 1.54) is 0 Å². The van der Waals surface area contributed by atoms with Gasteiger partial charge in [0, 0.05) is 32.5 Å². The van der Waals surface area contributed by atoms with Crippen molar-refractivity contribution in [2.45, 2.75) is 38.7 Å². The van der Waals surface area contributed by atoms with Crippen LogP contribution in [0.25, 0.3) is 0 Å². The van der Waals surface area contributed by atoms with Gasteiger partial charge in [-0.05, 0) is 19.3 Å². The topological polar surface area (TPSA) is 55.6 Å². The van der Waals surface area contributed by atoms with Crippen molar-refractivity contribution >= 4 is 23.1 Å². The van der Waals surface area contributed by atoms with Gasteiger partial charge in [0.15, 0.2) is 0 Å². The lowest BCUT2D eigenvalue weighted by Gasteiger charge is -2.21. The Bertz CT molecular complexity index is 278. The molecule has 0 spiro atoms. The van der Waals surface area contributed by atoms with E-state index >= 15 is 0 Å². The molecule has 2 N–H and O–H groups in total. The zero-order chi connectivity index (χ0) is 12.8. The van der Waals surface area contributed by atoms with Crippen LogP contribution in [0.5, 0.6) is 0 Å². The predicted octanol–water partition coefficient (Wildman–Crippen LogP) is 1.33. The minimum Gasteiger partial charge on any atom is -0.393 e. The number of rotatable bonds is 6. The van der Waals surface area contributed by atoms with E-state index < -0.39 is 0 Å². The first-order valence-corrected chi connectivity index (χ1v) is 6.56. The summed E-state index contributed by atoms with van der Waals surface area (Å²) < 4.78 is 5.49. The summed E-state index contributed by atoms with van der Waals surface area (Å²) in [5.41, 5.74) is 5.53. The second kappa shape index (κ2) is 6.91. The molecule has 0 bridgehead atoms. The molecule has 0 saturated carbocycles. The SMILES string of the molecule is CC(CN(C)C(=O)CCC1CCCO1)C(N)=S. The summed E-state index contributed by atoms with van der Waals surface area (Å²) in [6.45, 7) is 3.37. The Kier molecular flexibility index (Phi) is 5.85. The third-order valence-electron chi connectivity index (χ3n) is 3.16. The summed E-state index contributed by atoms with van der Waals surface area (Å²) in [6.07, 6.45) is 3.85. The van der Waals surface area contributed by atoms with Gasteiger partial charge in [-0.15, -0.1) is 0 Å². The van der Waals surface area contributed by atoms with E-state index in [1.807, 2.05) is 6.92 Å². The van der Waals surface area contributed by atoms with E-state index in [4.69, 9.17) is 22.7 Å². The summed E-state index contributed by atoms with van der Waals surface area (Å²) in [5.74, 6) is 0.213. The number of hydrogen-bond acceptors (Lipinski definition) is 3. The second-order valence-corrected chi connectivity index (χ2v) is 5.22. The van der Waals surface area contributed by atoms with Gasteiger partial charge in [0.05, 0.1) is 11.1 Å². The van der Waals surface area contributed by atoms with Gasteiger partial charge in [0.25, 0.3) is 0 Å². The second-order valence-electron chi connectivity index (χ2n) is 4.75. The standard InChI is InChI=1S/C12H22N2O2S/c1-9(12(13)17)8-14(2)11(15)6-5-10-4-3-7-16-10/h9-10H,3-8H2,1-2H3,(H2,13,17). The van der Waals surface area contributed by atoms with E-state index in [0.29, 0.717) is 18.0 Å². The van der Waals surface area contributed by atoms with E-state index in [-0.39, 0.29) is 17.9 Å². The van der Waals surface area contributed by atoms with E-state index in [2.05, 4.69) is 0 Å². The molecule has 1 fully saturated rings. The van der Waals surface area contributed by atoms with Crippen LogP contribution in [0.2, 0.25) is 0 Å². The molecule has 5 heteroatoms. The monoisotopic (exact) mass is 258 g/mol. The van der Waals surface area contributed by atoms with Crippen molar-refractivity contribution in [1.29, 1.82) is 0 Å². The molecular weight excluding hydrogens is 236 g/mol. The molecule has 2 unspecified atom stereocenters. The molecule has 0 aromatic rings. The van der Waals surface area contributed by atoms with Gasteiger partial charge in [-0.1, -0.05) is 19.1 Å². The van der Waals surface area contributed by atoms with Crippen molar-refractivity contribution < 1.29 is 9.53 Å². The fourth-order valence-electron chi connectivity index (χ4n) is 1.95. The fraction of sp³-hybridized carbons (Fsp3) is 0.833. The fourth-order valence-corrected chi connectivity index (χ4v) is 2.02. The third kappa shape index (κ3) is 5.00. The van der Waals surface area contributed by atoms with Gasteiger partial charge in [-0.2, -0.15) is 0 Å². The molecule has 17 heavy (non-hydrogen) atoms. The zero-order valence-electron chi connectivity index (χ0n) is 10.6. The maximum Gasteiger partial charge on any atom is 0.222 e. The molecule has 0 radical (unpaired) electrons. The molecule has 1 amide bonds. The Balaban J connectivity index is 2.23. The van der Waals surface area contributed by atoms with Gasteiger partial charge < -0.3 is 15.4 Å². The molecule has 1 aliphatic rings. The Morgan fingerprint density at radius 2 is 2.35 bits per heavy atom. The summed E-state index contributed by atoms with van der Waals surface area (Å²) >= 11 is 4.89. The quantitative estimate of drug-likeness (QED) is 0.730. The lowest BCUT2D eigenvalue weighted by molar-refractivity contribution is -0.130. The molecule has 98 valence electrons. The molecule has 0 aliphatic carbocycles. The van der Waals surface area contributed by atoms with Crippen molar-refractivity contribution in [3.63, 3.8) is 0 Å². The van der Waals surface area contributed by atoms with Crippen molar-refractivity contribution in [2.75, 3.05) is 20.2 Å². The summed E-state index contributed by atoms with van der Waals surface area (Å²) in [4.78, 5) is 14.0. The van der Waals surface area contributed by atoms with Crippen LogP contribution in [0, 0.1) is 5.92 Å². The number of carbonyl (C=O) groups excluding carboxylic acids is 1. The maximum absolute atomic E-state index is 11.8. The number of carbonyl (C=O) groups is 1. The highest BCUT2D eigenvalue weighted by molar-refractivity contribution is 7.80. The first kappa shape index (κ1) is 14.4. The number of amides is 1. The van der Waals surface area contributed by atoms with Crippen LogP contribution < -0.4 is 5.73 Å². The predicted molar refractivity (Wildman–Crippen MR) is 71.8 cm³/mol. The number of nitrogens with zero attached hydrogens (tertiary/aromatic N) is 1. The maximum atomic E-state index is 11.8. The highest BCUT2D eigenvalue weighted by Gasteiger charge is 2.19. The van der Waals surface area contributed by atoms with Gasteiger partial charge >= 0.3 is 0 Å². The average molecular weight is 258 g/mol. The van der Waals surface area contributed by atoms with Crippen LogP contribution >= 0.6 is 12.2 Å². The molecular formula is C12H22N2O2S. The molecule has 0 aromatic heterocycles. The minimum absolute atomic E-state index is 0.0710. The Morgan fingerprint density at radius 3 is 2.88 bits per heavy atom. The van der Waals surface area contributed by atoms with E-state index in [9.17, 15) is 4.79 Å². The molecule has 1 rings (SSSR count). The summed E-state index contributed by atoms with van der Waals surface area (Å²) in [5, 5.41) is 0. The first-order valence-electron chi connectivity index (χ1n) is 6.15. The Labute approximate surface area is 108 Å². The van der Waals surface area contributed by atoms with Crippen LogP contribution in [0.1, 0.15) is 32.6 Å². The highest BCUT2D eigenvalue weighted by Crippen LogP contribution is 2.17. The lowest BCUT2D eigenvalue weighted by Crippen LogP contribution is -2.35. The molecule has 4 nitrogen and oxygen atoms in total. The average Bonchev–Trinajstić information content (AvgIpc) is 2.78. The molecule has 1 aliphatic heterocycles. The number of thiocarbonyl (C=S) groups is 1. The van der Waals surface area contributed by atoms with Gasteiger partial charge in [-0.25, -0.2) is 0 Å². The number of hydrogen-bond donors (Lipinski definition) is 1. The summed E-state index contributed by atoms with van der Waals surface area (Å²) in [6, 6.07) is 0. The van der Waals surface area contributed by atoms with Gasteiger partial charge in [-0.3, -0.25) is 4.79 Å². The van der Waals surface area contributed by atoms with Crippen LogP contribution in [-0.4, -0.2) is 42.1 Å². The lowest BCUT2D eigenvalue weighted by atomic mass is 10.1.